The van der Waals surface area contributed by atoms with E-state index in [0.29, 0.717) is 35.9 Å². The summed E-state index contributed by atoms with van der Waals surface area (Å²) in [4.78, 5) is 16.7. The van der Waals surface area contributed by atoms with E-state index in [1.54, 1.807) is 18.2 Å². The molecule has 1 aliphatic rings. The fourth-order valence-corrected chi connectivity index (χ4v) is 4.10. The first-order chi connectivity index (χ1) is 13.4. The van der Waals surface area contributed by atoms with Crippen molar-refractivity contribution in [3.8, 4) is 11.4 Å². The predicted molar refractivity (Wildman–Crippen MR) is 103 cm³/mol. The summed E-state index contributed by atoms with van der Waals surface area (Å²) in [6, 6.07) is 14.4. The highest BCUT2D eigenvalue weighted by molar-refractivity contribution is 7.92. The van der Waals surface area contributed by atoms with Gasteiger partial charge in [-0.15, -0.1) is 0 Å². The van der Waals surface area contributed by atoms with Crippen LogP contribution in [0, 0.1) is 0 Å². The van der Waals surface area contributed by atoms with Gasteiger partial charge in [-0.1, -0.05) is 35.5 Å². The molecule has 2 heterocycles. The molecule has 9 heteroatoms. The summed E-state index contributed by atoms with van der Waals surface area (Å²) in [5.74, 6) is 0.472. The smallest absolute Gasteiger partial charge is 0.251 e. The Bertz CT molecular complexity index is 1130. The maximum Gasteiger partial charge on any atom is 0.251 e. The second-order valence-corrected chi connectivity index (χ2v) is 8.40. The van der Waals surface area contributed by atoms with Crippen molar-refractivity contribution in [2.24, 2.45) is 0 Å². The number of fused-ring (bicyclic) bond motifs is 1. The van der Waals surface area contributed by atoms with Crippen molar-refractivity contribution in [3.05, 3.63) is 65.5 Å². The molecule has 0 saturated heterocycles. The molecule has 0 unspecified atom stereocenters. The molecular weight excluding hydrogens is 380 g/mol. The zero-order chi connectivity index (χ0) is 19.7. The molecule has 28 heavy (non-hydrogen) atoms. The summed E-state index contributed by atoms with van der Waals surface area (Å²) in [5.41, 5.74) is 2.75. The van der Waals surface area contributed by atoms with Gasteiger partial charge in [0.05, 0.1) is 18.5 Å². The number of carbonyl (C=O) groups excluding carboxylic acids is 1. The van der Waals surface area contributed by atoms with Crippen LogP contribution >= 0.6 is 0 Å². The molecule has 0 fully saturated rings. The van der Waals surface area contributed by atoms with Gasteiger partial charge in [-0.3, -0.25) is 9.10 Å². The minimum Gasteiger partial charge on any atom is -0.343 e. The first-order valence-corrected chi connectivity index (χ1v) is 10.5. The minimum absolute atomic E-state index is 0.102. The van der Waals surface area contributed by atoms with Crippen molar-refractivity contribution >= 4 is 21.6 Å². The Morgan fingerprint density at radius 2 is 2.00 bits per heavy atom. The monoisotopic (exact) mass is 398 g/mol. The van der Waals surface area contributed by atoms with Gasteiger partial charge in [0.1, 0.15) is 0 Å². The van der Waals surface area contributed by atoms with Crippen molar-refractivity contribution < 1.29 is 17.7 Å². The van der Waals surface area contributed by atoms with Gasteiger partial charge in [-0.25, -0.2) is 8.42 Å². The van der Waals surface area contributed by atoms with Crippen LogP contribution in [0.5, 0.6) is 0 Å². The number of hydrogen-bond acceptors (Lipinski definition) is 6. The van der Waals surface area contributed by atoms with Gasteiger partial charge in [0, 0.05) is 17.7 Å². The highest BCUT2D eigenvalue weighted by Crippen LogP contribution is 2.30. The molecule has 0 bridgehead atoms. The standard InChI is InChI=1S/C19H18N4O4S/c1-28(25,26)23-10-9-14-11-15(7-8-16(14)23)19(24)20-12-17-21-18(22-27-17)13-5-3-2-4-6-13/h2-8,11H,9-10,12H2,1H3,(H,20,24). The fourth-order valence-electron chi connectivity index (χ4n) is 3.15. The van der Waals surface area contributed by atoms with Gasteiger partial charge in [0.15, 0.2) is 0 Å². The van der Waals surface area contributed by atoms with Crippen molar-refractivity contribution in [2.45, 2.75) is 13.0 Å². The Balaban J connectivity index is 1.43. The third kappa shape index (κ3) is 3.61. The second kappa shape index (κ2) is 7.08. The largest absolute Gasteiger partial charge is 0.343 e. The third-order valence-electron chi connectivity index (χ3n) is 4.50. The summed E-state index contributed by atoms with van der Waals surface area (Å²) in [5, 5.41) is 6.66. The van der Waals surface area contributed by atoms with Gasteiger partial charge in [0.2, 0.25) is 21.7 Å². The molecular formula is C19H18N4O4S. The van der Waals surface area contributed by atoms with Gasteiger partial charge < -0.3 is 9.84 Å². The van der Waals surface area contributed by atoms with Gasteiger partial charge in [0.25, 0.3) is 5.91 Å². The maximum absolute atomic E-state index is 12.4. The summed E-state index contributed by atoms with van der Waals surface area (Å²) < 4.78 is 30.1. The average Bonchev–Trinajstić information content (AvgIpc) is 3.33. The Kier molecular flexibility index (Phi) is 4.60. The number of sulfonamides is 1. The first kappa shape index (κ1) is 18.2. The number of nitrogens with one attached hydrogen (secondary N) is 1. The lowest BCUT2D eigenvalue weighted by molar-refractivity contribution is 0.0946. The number of anilines is 1. The molecule has 0 spiro atoms. The Hall–Kier alpha value is -3.20. The number of hydrogen-bond donors (Lipinski definition) is 1. The van der Waals surface area contributed by atoms with Crippen LogP contribution in [0.25, 0.3) is 11.4 Å². The summed E-state index contributed by atoms with van der Waals surface area (Å²) in [6.07, 6.45) is 1.75. The summed E-state index contributed by atoms with van der Waals surface area (Å²) >= 11 is 0. The number of aromatic nitrogens is 2. The van der Waals surface area contributed by atoms with E-state index in [2.05, 4.69) is 15.5 Å². The zero-order valence-electron chi connectivity index (χ0n) is 15.1. The number of amides is 1. The van der Waals surface area contributed by atoms with E-state index in [1.807, 2.05) is 30.3 Å². The van der Waals surface area contributed by atoms with Crippen LogP contribution in [0.2, 0.25) is 0 Å². The van der Waals surface area contributed by atoms with E-state index in [0.717, 1.165) is 11.1 Å². The predicted octanol–water partition coefficient (Wildman–Crippen LogP) is 1.99. The molecule has 0 saturated carbocycles. The van der Waals surface area contributed by atoms with Crippen molar-refractivity contribution in [3.63, 3.8) is 0 Å². The quantitative estimate of drug-likeness (QED) is 0.705. The van der Waals surface area contributed by atoms with E-state index >= 15 is 0 Å². The van der Waals surface area contributed by atoms with E-state index < -0.39 is 10.0 Å². The van der Waals surface area contributed by atoms with Crippen LogP contribution in [-0.2, 0) is 23.0 Å². The molecule has 2 aromatic carbocycles. The van der Waals surface area contributed by atoms with E-state index in [-0.39, 0.29) is 12.5 Å². The number of rotatable bonds is 5. The van der Waals surface area contributed by atoms with Crippen molar-refractivity contribution in [1.29, 1.82) is 0 Å². The summed E-state index contributed by atoms with van der Waals surface area (Å²) in [7, 11) is -3.31. The van der Waals surface area contributed by atoms with Gasteiger partial charge in [-0.05, 0) is 30.2 Å². The molecule has 0 atom stereocenters. The molecule has 0 radical (unpaired) electrons. The Morgan fingerprint density at radius 1 is 1.21 bits per heavy atom. The lowest BCUT2D eigenvalue weighted by atomic mass is 10.1. The number of benzene rings is 2. The van der Waals surface area contributed by atoms with Crippen LogP contribution in [0.1, 0.15) is 21.8 Å². The fraction of sp³-hybridized carbons (Fsp3) is 0.211. The third-order valence-corrected chi connectivity index (χ3v) is 5.68. The molecule has 0 aliphatic carbocycles. The molecule has 1 aliphatic heterocycles. The van der Waals surface area contributed by atoms with E-state index in [1.165, 1.54) is 10.6 Å². The van der Waals surface area contributed by atoms with Crippen LogP contribution in [0.15, 0.2) is 53.1 Å². The van der Waals surface area contributed by atoms with Gasteiger partial charge in [-0.2, -0.15) is 4.98 Å². The molecule has 3 aromatic rings. The zero-order valence-corrected chi connectivity index (χ0v) is 15.9. The minimum atomic E-state index is -3.31. The summed E-state index contributed by atoms with van der Waals surface area (Å²) in [6.45, 7) is 0.495. The molecule has 1 amide bonds. The van der Waals surface area contributed by atoms with E-state index in [4.69, 9.17) is 4.52 Å². The maximum atomic E-state index is 12.4. The lowest BCUT2D eigenvalue weighted by Crippen LogP contribution is -2.27. The Morgan fingerprint density at radius 3 is 2.75 bits per heavy atom. The molecule has 1 N–H and O–H groups in total. The van der Waals surface area contributed by atoms with Gasteiger partial charge >= 0.3 is 0 Å². The first-order valence-electron chi connectivity index (χ1n) is 8.69. The Labute approximate surface area is 162 Å². The van der Waals surface area contributed by atoms with Crippen LogP contribution in [0.4, 0.5) is 5.69 Å². The highest BCUT2D eigenvalue weighted by atomic mass is 32.2. The van der Waals surface area contributed by atoms with E-state index in [9.17, 15) is 13.2 Å². The molecule has 1 aromatic heterocycles. The van der Waals surface area contributed by atoms with Crippen LogP contribution in [-0.4, -0.2) is 37.3 Å². The molecule has 4 rings (SSSR count). The van der Waals surface area contributed by atoms with Crippen LogP contribution < -0.4 is 9.62 Å². The number of carbonyl (C=O) groups is 1. The normalized spacial score (nSPS) is 13.4. The van der Waals surface area contributed by atoms with Crippen LogP contribution in [0.3, 0.4) is 0 Å². The highest BCUT2D eigenvalue weighted by Gasteiger charge is 2.26. The average molecular weight is 398 g/mol. The molecule has 8 nitrogen and oxygen atoms in total. The van der Waals surface area contributed by atoms with Crippen molar-refractivity contribution in [1.82, 2.24) is 15.5 Å². The lowest BCUT2D eigenvalue weighted by Gasteiger charge is -2.16. The number of nitrogens with zero attached hydrogens (tertiary/aromatic N) is 3. The topological polar surface area (TPSA) is 105 Å². The molecule has 144 valence electrons. The van der Waals surface area contributed by atoms with Crippen molar-refractivity contribution in [2.75, 3.05) is 17.1 Å². The SMILES string of the molecule is CS(=O)(=O)N1CCc2cc(C(=O)NCc3nc(-c4ccccc4)no3)ccc21. The second-order valence-electron chi connectivity index (χ2n) is 6.49.